The van der Waals surface area contributed by atoms with Gasteiger partial charge in [0.05, 0.1) is 6.57 Å². The lowest BCUT2D eigenvalue weighted by atomic mass is 10.00. The average Bonchev–Trinajstić information content (AvgIpc) is 3.34. The van der Waals surface area contributed by atoms with E-state index in [-0.39, 0.29) is 0 Å². The summed E-state index contributed by atoms with van der Waals surface area (Å²) < 4.78 is 12.3. The molecule has 0 aliphatic carbocycles. The van der Waals surface area contributed by atoms with E-state index in [0.29, 0.717) is 17.2 Å². The average molecular weight is 360 g/mol. The third-order valence-corrected chi connectivity index (χ3v) is 5.10. The lowest BCUT2D eigenvalue weighted by molar-refractivity contribution is 0.620. The number of furan rings is 1. The SMILES string of the molecule is [C-]#[N+]c1ccc2c(c1)oc1c3ccccc3cc(-c3nc4ccccc4o3)c21. The maximum atomic E-state index is 7.28. The quantitative estimate of drug-likeness (QED) is 0.294. The van der Waals surface area contributed by atoms with E-state index < -0.39 is 0 Å². The van der Waals surface area contributed by atoms with Crippen molar-refractivity contribution in [3.8, 4) is 11.5 Å². The van der Waals surface area contributed by atoms with E-state index in [1.54, 1.807) is 6.07 Å². The topological polar surface area (TPSA) is 43.5 Å². The number of para-hydroxylation sites is 2. The molecule has 28 heavy (non-hydrogen) atoms. The number of rotatable bonds is 1. The molecule has 0 N–H and O–H groups in total. The number of oxazole rings is 1. The van der Waals surface area contributed by atoms with Gasteiger partial charge in [-0.1, -0.05) is 48.5 Å². The van der Waals surface area contributed by atoms with Crippen molar-refractivity contribution in [3.05, 3.63) is 84.2 Å². The fourth-order valence-corrected chi connectivity index (χ4v) is 3.83. The van der Waals surface area contributed by atoms with Crippen molar-refractivity contribution in [2.24, 2.45) is 0 Å². The van der Waals surface area contributed by atoms with Crippen LogP contribution in [-0.2, 0) is 0 Å². The monoisotopic (exact) mass is 360 g/mol. The van der Waals surface area contributed by atoms with Crippen molar-refractivity contribution in [1.29, 1.82) is 0 Å². The second-order valence-corrected chi connectivity index (χ2v) is 6.73. The smallest absolute Gasteiger partial charge is 0.228 e. The summed E-state index contributed by atoms with van der Waals surface area (Å²) in [6.07, 6.45) is 0. The Balaban J connectivity index is 1.81. The van der Waals surface area contributed by atoms with Gasteiger partial charge >= 0.3 is 0 Å². The van der Waals surface area contributed by atoms with Crippen molar-refractivity contribution in [2.45, 2.75) is 0 Å². The summed E-state index contributed by atoms with van der Waals surface area (Å²) in [6, 6.07) is 23.5. The minimum Gasteiger partial charge on any atom is -0.457 e. The van der Waals surface area contributed by atoms with E-state index in [1.165, 1.54) is 0 Å². The molecule has 0 fully saturated rings. The van der Waals surface area contributed by atoms with Crippen molar-refractivity contribution >= 4 is 49.5 Å². The zero-order valence-corrected chi connectivity index (χ0v) is 14.6. The first-order valence-electron chi connectivity index (χ1n) is 8.93. The number of benzene rings is 4. The summed E-state index contributed by atoms with van der Waals surface area (Å²) in [5.41, 5.74) is 4.49. The highest BCUT2D eigenvalue weighted by Gasteiger charge is 2.19. The Bertz CT molecular complexity index is 1550. The fourth-order valence-electron chi connectivity index (χ4n) is 3.83. The van der Waals surface area contributed by atoms with E-state index in [1.807, 2.05) is 54.6 Å². The molecule has 0 bridgehead atoms. The molecule has 0 aliphatic rings. The molecule has 130 valence electrons. The highest BCUT2D eigenvalue weighted by atomic mass is 16.3. The Morgan fingerprint density at radius 2 is 1.64 bits per heavy atom. The molecule has 2 aromatic heterocycles. The van der Waals surface area contributed by atoms with Crippen LogP contribution in [0.3, 0.4) is 0 Å². The van der Waals surface area contributed by atoms with Crippen LogP contribution in [0.5, 0.6) is 0 Å². The van der Waals surface area contributed by atoms with Crippen molar-refractivity contribution in [2.75, 3.05) is 0 Å². The summed E-state index contributed by atoms with van der Waals surface area (Å²) >= 11 is 0. The Labute approximate surface area is 159 Å². The largest absolute Gasteiger partial charge is 0.457 e. The zero-order chi connectivity index (χ0) is 18.7. The summed E-state index contributed by atoms with van der Waals surface area (Å²) in [4.78, 5) is 8.22. The molecule has 0 saturated heterocycles. The summed E-state index contributed by atoms with van der Waals surface area (Å²) in [7, 11) is 0. The normalized spacial score (nSPS) is 11.5. The van der Waals surface area contributed by atoms with Crippen LogP contribution in [0.2, 0.25) is 0 Å². The van der Waals surface area contributed by atoms with Gasteiger partial charge in [-0.15, -0.1) is 0 Å². The van der Waals surface area contributed by atoms with Gasteiger partial charge in [0.15, 0.2) is 11.3 Å². The summed E-state index contributed by atoms with van der Waals surface area (Å²) in [6.45, 7) is 7.28. The highest BCUT2D eigenvalue weighted by Crippen LogP contribution is 2.42. The van der Waals surface area contributed by atoms with Crippen LogP contribution >= 0.6 is 0 Å². The van der Waals surface area contributed by atoms with Crippen LogP contribution in [0.1, 0.15) is 0 Å². The third-order valence-electron chi connectivity index (χ3n) is 5.10. The molecule has 0 unspecified atom stereocenters. The molecule has 0 aliphatic heterocycles. The first kappa shape index (κ1) is 15.0. The van der Waals surface area contributed by atoms with Crippen LogP contribution in [0.4, 0.5) is 5.69 Å². The van der Waals surface area contributed by atoms with Crippen LogP contribution in [0, 0.1) is 6.57 Å². The molecule has 4 heteroatoms. The third kappa shape index (κ3) is 2.02. The molecule has 6 rings (SSSR count). The molecular weight excluding hydrogens is 348 g/mol. The van der Waals surface area contributed by atoms with E-state index >= 15 is 0 Å². The second-order valence-electron chi connectivity index (χ2n) is 6.73. The van der Waals surface area contributed by atoms with Crippen molar-refractivity contribution in [1.82, 2.24) is 4.98 Å². The summed E-state index contributed by atoms with van der Waals surface area (Å²) in [5.74, 6) is 0.564. The van der Waals surface area contributed by atoms with Crippen LogP contribution in [-0.4, -0.2) is 4.98 Å². The molecule has 0 radical (unpaired) electrons. The predicted octanol–water partition coefficient (Wildman–Crippen LogP) is 7.10. The molecule has 0 amide bonds. The molecule has 0 spiro atoms. The van der Waals surface area contributed by atoms with E-state index in [2.05, 4.69) is 17.0 Å². The van der Waals surface area contributed by atoms with Crippen molar-refractivity contribution in [3.63, 3.8) is 0 Å². The van der Waals surface area contributed by atoms with Gasteiger partial charge < -0.3 is 8.83 Å². The lowest BCUT2D eigenvalue weighted by Gasteiger charge is -2.04. The Hall–Kier alpha value is -4.10. The van der Waals surface area contributed by atoms with Gasteiger partial charge in [0, 0.05) is 21.7 Å². The number of hydrogen-bond acceptors (Lipinski definition) is 3. The minimum absolute atomic E-state index is 0.555. The highest BCUT2D eigenvalue weighted by molar-refractivity contribution is 6.21. The van der Waals surface area contributed by atoms with Crippen LogP contribution < -0.4 is 0 Å². The minimum atomic E-state index is 0.555. The molecular formula is C24H12N2O2. The number of hydrogen-bond donors (Lipinski definition) is 0. The maximum Gasteiger partial charge on any atom is 0.228 e. The van der Waals surface area contributed by atoms with Gasteiger partial charge in [-0.2, -0.15) is 0 Å². The van der Waals surface area contributed by atoms with Crippen LogP contribution in [0.25, 0.3) is 60.1 Å². The number of nitrogens with zero attached hydrogens (tertiary/aromatic N) is 2. The predicted molar refractivity (Wildman–Crippen MR) is 110 cm³/mol. The van der Waals surface area contributed by atoms with Gasteiger partial charge in [-0.25, -0.2) is 9.83 Å². The Morgan fingerprint density at radius 1 is 0.786 bits per heavy atom. The van der Waals surface area contributed by atoms with E-state index in [9.17, 15) is 0 Å². The molecule has 4 nitrogen and oxygen atoms in total. The van der Waals surface area contributed by atoms with E-state index in [0.717, 1.165) is 43.8 Å². The van der Waals surface area contributed by atoms with Gasteiger partial charge in [0.2, 0.25) is 5.89 Å². The number of fused-ring (bicyclic) bond motifs is 6. The maximum absolute atomic E-state index is 7.28. The van der Waals surface area contributed by atoms with Gasteiger partial charge in [0.25, 0.3) is 0 Å². The first-order valence-corrected chi connectivity index (χ1v) is 8.93. The lowest BCUT2D eigenvalue weighted by Crippen LogP contribution is -1.82. The fraction of sp³-hybridized carbons (Fsp3) is 0. The molecule has 4 aromatic carbocycles. The Kier molecular flexibility index (Phi) is 2.92. The van der Waals surface area contributed by atoms with Gasteiger partial charge in [-0.3, -0.25) is 0 Å². The van der Waals surface area contributed by atoms with Gasteiger partial charge in [0.1, 0.15) is 16.7 Å². The summed E-state index contributed by atoms with van der Waals surface area (Å²) in [5, 5.41) is 3.98. The first-order chi connectivity index (χ1) is 13.8. The second kappa shape index (κ2) is 5.45. The molecule has 6 aromatic rings. The Morgan fingerprint density at radius 3 is 2.54 bits per heavy atom. The van der Waals surface area contributed by atoms with Gasteiger partial charge in [-0.05, 0) is 29.7 Å². The van der Waals surface area contributed by atoms with E-state index in [4.69, 9.17) is 20.4 Å². The zero-order valence-electron chi connectivity index (χ0n) is 14.6. The number of aromatic nitrogens is 1. The molecule has 2 heterocycles. The van der Waals surface area contributed by atoms with Crippen molar-refractivity contribution < 1.29 is 8.83 Å². The standard InChI is InChI=1S/C24H12N2O2/c1-25-15-10-11-17-21(13-15)27-23-16-7-3-2-6-14(16)12-18(22(17)23)24-26-19-8-4-5-9-20(19)28-24/h2-13H. The molecule has 0 saturated carbocycles. The molecule has 0 atom stereocenters. The van der Waals surface area contributed by atoms with Crippen LogP contribution in [0.15, 0.2) is 81.6 Å².